The van der Waals surface area contributed by atoms with Crippen LogP contribution in [0.15, 0.2) is 34.9 Å². The number of β-amino-alcohol motifs (C(OH)–C–C–N with tert-alkyl or cyclic N) is 1. The summed E-state index contributed by atoms with van der Waals surface area (Å²) in [5.41, 5.74) is 0.950. The summed E-state index contributed by atoms with van der Waals surface area (Å²) in [4.78, 5) is 6.39. The zero-order chi connectivity index (χ0) is 11.7. The number of hydrogen-bond donors (Lipinski definition) is 1. The van der Waals surface area contributed by atoms with E-state index in [4.69, 9.17) is 4.52 Å². The maximum atomic E-state index is 9.17. The fourth-order valence-corrected chi connectivity index (χ4v) is 1.89. The predicted octanol–water partition coefficient (Wildman–Crippen LogP) is 0.913. The van der Waals surface area contributed by atoms with Crippen LogP contribution in [-0.2, 0) is 6.54 Å². The normalized spacial score (nSPS) is 17.0. The molecule has 1 aromatic heterocycles. The lowest BCUT2D eigenvalue weighted by molar-refractivity contribution is -0.00806. The van der Waals surface area contributed by atoms with Crippen LogP contribution < -0.4 is 0 Å². The fraction of sp³-hybridized carbons (Fsp3) is 0.333. The molecule has 0 atom stereocenters. The summed E-state index contributed by atoms with van der Waals surface area (Å²) in [6.45, 7) is 1.98. The summed E-state index contributed by atoms with van der Waals surface area (Å²) in [6.07, 6.45) is -0.202. The van der Waals surface area contributed by atoms with Crippen molar-refractivity contribution in [3.63, 3.8) is 0 Å². The summed E-state index contributed by atoms with van der Waals surface area (Å²) in [7, 11) is 0. The standard InChI is InChI=1S/C12H13N3O2/c16-10-6-15(7-10)8-11-13-12(14-17-11)9-4-2-1-3-5-9/h1-5,10,16H,6-8H2. The minimum Gasteiger partial charge on any atom is -0.390 e. The van der Waals surface area contributed by atoms with Crippen LogP contribution in [0.1, 0.15) is 5.89 Å². The van der Waals surface area contributed by atoms with Gasteiger partial charge in [-0.3, -0.25) is 4.90 Å². The maximum Gasteiger partial charge on any atom is 0.241 e. The molecule has 5 heteroatoms. The molecule has 88 valence electrons. The average Bonchev–Trinajstić information content (AvgIpc) is 2.77. The molecule has 1 aliphatic rings. The summed E-state index contributed by atoms with van der Waals surface area (Å²) in [5.74, 6) is 1.21. The van der Waals surface area contributed by atoms with E-state index < -0.39 is 0 Å². The second kappa shape index (κ2) is 4.27. The quantitative estimate of drug-likeness (QED) is 0.850. The third kappa shape index (κ3) is 2.20. The molecule has 0 saturated carbocycles. The number of likely N-dealkylation sites (tertiary alicyclic amines) is 1. The van der Waals surface area contributed by atoms with E-state index in [-0.39, 0.29) is 6.10 Å². The Labute approximate surface area is 98.7 Å². The van der Waals surface area contributed by atoms with Crippen LogP contribution in [0, 0.1) is 0 Å². The van der Waals surface area contributed by atoms with Crippen LogP contribution in [0.4, 0.5) is 0 Å². The van der Waals surface area contributed by atoms with Crippen LogP contribution in [0.5, 0.6) is 0 Å². The van der Waals surface area contributed by atoms with E-state index in [2.05, 4.69) is 15.0 Å². The molecule has 2 aromatic rings. The van der Waals surface area contributed by atoms with Crippen molar-refractivity contribution in [3.8, 4) is 11.4 Å². The van der Waals surface area contributed by atoms with Crippen molar-refractivity contribution < 1.29 is 9.63 Å². The second-order valence-electron chi connectivity index (χ2n) is 4.23. The van der Waals surface area contributed by atoms with Gasteiger partial charge in [-0.05, 0) is 0 Å². The van der Waals surface area contributed by atoms with E-state index in [0.717, 1.165) is 5.56 Å². The molecule has 0 spiro atoms. The number of aromatic nitrogens is 2. The molecule has 1 N–H and O–H groups in total. The van der Waals surface area contributed by atoms with Crippen molar-refractivity contribution in [1.82, 2.24) is 15.0 Å². The molecule has 5 nitrogen and oxygen atoms in total. The maximum absolute atomic E-state index is 9.17. The molecule has 2 heterocycles. The molecule has 0 aliphatic carbocycles. The van der Waals surface area contributed by atoms with Crippen LogP contribution in [-0.4, -0.2) is 39.3 Å². The van der Waals surface area contributed by atoms with Crippen molar-refractivity contribution >= 4 is 0 Å². The lowest BCUT2D eigenvalue weighted by Gasteiger charge is -2.34. The van der Waals surface area contributed by atoms with Crippen LogP contribution in [0.3, 0.4) is 0 Å². The fourth-order valence-electron chi connectivity index (χ4n) is 1.89. The average molecular weight is 231 g/mol. The van der Waals surface area contributed by atoms with Crippen molar-refractivity contribution in [3.05, 3.63) is 36.2 Å². The smallest absolute Gasteiger partial charge is 0.241 e. The van der Waals surface area contributed by atoms with Crippen LogP contribution in [0.25, 0.3) is 11.4 Å². The Balaban J connectivity index is 1.70. The SMILES string of the molecule is OC1CN(Cc2nc(-c3ccccc3)no2)C1. The molecule has 0 radical (unpaired) electrons. The highest BCUT2D eigenvalue weighted by Gasteiger charge is 2.25. The Hall–Kier alpha value is -1.72. The predicted molar refractivity (Wildman–Crippen MR) is 61.0 cm³/mol. The topological polar surface area (TPSA) is 62.4 Å². The van der Waals surface area contributed by atoms with Gasteiger partial charge in [0.05, 0.1) is 12.6 Å². The van der Waals surface area contributed by atoms with Gasteiger partial charge in [0.1, 0.15) is 0 Å². The number of aliphatic hydroxyl groups excluding tert-OH is 1. The van der Waals surface area contributed by atoms with Gasteiger partial charge >= 0.3 is 0 Å². The largest absolute Gasteiger partial charge is 0.390 e. The van der Waals surface area contributed by atoms with E-state index in [0.29, 0.717) is 31.3 Å². The number of nitrogens with zero attached hydrogens (tertiary/aromatic N) is 3. The highest BCUT2D eigenvalue weighted by atomic mass is 16.5. The first-order valence-corrected chi connectivity index (χ1v) is 5.60. The molecule has 1 saturated heterocycles. The molecule has 1 aliphatic heterocycles. The Morgan fingerprint density at radius 2 is 2.06 bits per heavy atom. The van der Waals surface area contributed by atoms with Gasteiger partial charge < -0.3 is 9.63 Å². The van der Waals surface area contributed by atoms with Gasteiger partial charge in [0, 0.05) is 18.7 Å². The Morgan fingerprint density at radius 3 is 2.76 bits per heavy atom. The van der Waals surface area contributed by atoms with Gasteiger partial charge in [-0.2, -0.15) is 4.98 Å². The number of hydrogen-bond acceptors (Lipinski definition) is 5. The van der Waals surface area contributed by atoms with Gasteiger partial charge in [0.25, 0.3) is 0 Å². The van der Waals surface area contributed by atoms with Gasteiger partial charge in [0.2, 0.25) is 11.7 Å². The summed E-state index contributed by atoms with van der Waals surface area (Å²) >= 11 is 0. The molecule has 0 unspecified atom stereocenters. The Bertz CT molecular complexity index is 491. The minimum atomic E-state index is -0.202. The van der Waals surface area contributed by atoms with Crippen molar-refractivity contribution in [2.75, 3.05) is 13.1 Å². The zero-order valence-electron chi connectivity index (χ0n) is 9.28. The van der Waals surface area contributed by atoms with E-state index in [1.807, 2.05) is 30.3 Å². The summed E-state index contributed by atoms with van der Waals surface area (Å²) < 4.78 is 5.18. The molecule has 3 rings (SSSR count). The third-order valence-electron chi connectivity index (χ3n) is 2.80. The van der Waals surface area contributed by atoms with Crippen LogP contribution in [0.2, 0.25) is 0 Å². The van der Waals surface area contributed by atoms with E-state index in [1.165, 1.54) is 0 Å². The number of benzene rings is 1. The molecular formula is C12H13N3O2. The Morgan fingerprint density at radius 1 is 1.29 bits per heavy atom. The Kier molecular flexibility index (Phi) is 2.62. The summed E-state index contributed by atoms with van der Waals surface area (Å²) in [6, 6.07) is 9.73. The third-order valence-corrected chi connectivity index (χ3v) is 2.80. The summed E-state index contributed by atoms with van der Waals surface area (Å²) in [5, 5.41) is 13.1. The molecule has 0 bridgehead atoms. The van der Waals surface area contributed by atoms with Crippen molar-refractivity contribution in [2.24, 2.45) is 0 Å². The first-order chi connectivity index (χ1) is 8.31. The van der Waals surface area contributed by atoms with Crippen LogP contribution >= 0.6 is 0 Å². The van der Waals surface area contributed by atoms with Crippen molar-refractivity contribution in [2.45, 2.75) is 12.6 Å². The first kappa shape index (κ1) is 10.4. The molecule has 1 aromatic carbocycles. The van der Waals surface area contributed by atoms with Gasteiger partial charge in [-0.15, -0.1) is 0 Å². The van der Waals surface area contributed by atoms with E-state index in [1.54, 1.807) is 0 Å². The molecule has 0 amide bonds. The van der Waals surface area contributed by atoms with Gasteiger partial charge in [0.15, 0.2) is 0 Å². The van der Waals surface area contributed by atoms with Crippen molar-refractivity contribution in [1.29, 1.82) is 0 Å². The zero-order valence-corrected chi connectivity index (χ0v) is 9.28. The van der Waals surface area contributed by atoms with E-state index in [9.17, 15) is 5.11 Å². The van der Waals surface area contributed by atoms with E-state index >= 15 is 0 Å². The highest BCUT2D eigenvalue weighted by Crippen LogP contribution is 2.17. The second-order valence-corrected chi connectivity index (χ2v) is 4.23. The number of rotatable bonds is 3. The number of aliphatic hydroxyl groups is 1. The monoisotopic (exact) mass is 231 g/mol. The lowest BCUT2D eigenvalue weighted by atomic mass is 10.2. The van der Waals surface area contributed by atoms with Gasteiger partial charge in [-0.1, -0.05) is 35.5 Å². The highest BCUT2D eigenvalue weighted by molar-refractivity contribution is 5.53. The van der Waals surface area contributed by atoms with Gasteiger partial charge in [-0.25, -0.2) is 0 Å². The first-order valence-electron chi connectivity index (χ1n) is 5.60. The molecular weight excluding hydrogens is 218 g/mol. The minimum absolute atomic E-state index is 0.202. The molecule has 17 heavy (non-hydrogen) atoms. The molecule has 1 fully saturated rings. The lowest BCUT2D eigenvalue weighted by Crippen LogP contribution is -2.49.